The van der Waals surface area contributed by atoms with Gasteiger partial charge in [0.1, 0.15) is 6.10 Å². The lowest BCUT2D eigenvalue weighted by Crippen LogP contribution is -2.12. The minimum absolute atomic E-state index is 0.0716. The normalized spacial score (nSPS) is 23.7. The number of carbonyl (C=O) groups is 1. The van der Waals surface area contributed by atoms with E-state index in [0.29, 0.717) is 5.56 Å². The predicted molar refractivity (Wildman–Crippen MR) is 52.9 cm³/mol. The van der Waals surface area contributed by atoms with E-state index in [-0.39, 0.29) is 5.69 Å². The van der Waals surface area contributed by atoms with Crippen molar-refractivity contribution in [2.45, 2.75) is 19.1 Å². The van der Waals surface area contributed by atoms with Crippen LogP contribution >= 0.6 is 0 Å². The summed E-state index contributed by atoms with van der Waals surface area (Å²) in [5, 5.41) is 10.8. The van der Waals surface area contributed by atoms with Gasteiger partial charge in [-0.25, -0.2) is 4.79 Å². The van der Waals surface area contributed by atoms with Gasteiger partial charge in [0.2, 0.25) is 0 Å². The van der Waals surface area contributed by atoms with Crippen LogP contribution in [0.3, 0.4) is 0 Å². The first-order valence-corrected chi connectivity index (χ1v) is 4.70. The Bertz CT molecular complexity index is 445. The standard InChI is InChI=1S/C10H9NO5/c1-6-9(16-10(12)15-6)7-4-2-3-5-8(7)11(13)14/h2-6,9H,1H3. The molecule has 2 rings (SSSR count). The van der Waals surface area contributed by atoms with Crippen LogP contribution in [0.5, 0.6) is 0 Å². The molecule has 0 radical (unpaired) electrons. The van der Waals surface area contributed by atoms with Crippen LogP contribution in [0.15, 0.2) is 24.3 Å². The number of hydrogen-bond acceptors (Lipinski definition) is 5. The minimum atomic E-state index is -0.796. The maximum atomic E-state index is 10.9. The van der Waals surface area contributed by atoms with Crippen molar-refractivity contribution in [3.8, 4) is 0 Å². The molecule has 6 nitrogen and oxygen atoms in total. The summed E-state index contributed by atoms with van der Waals surface area (Å²) in [5.41, 5.74) is 0.281. The highest BCUT2D eigenvalue weighted by Crippen LogP contribution is 2.34. The average Bonchev–Trinajstić information content (AvgIpc) is 2.57. The van der Waals surface area contributed by atoms with Crippen LogP contribution in [0.4, 0.5) is 10.5 Å². The number of nitro groups is 1. The minimum Gasteiger partial charge on any atom is -0.427 e. The Labute approximate surface area is 90.9 Å². The molecule has 1 aromatic rings. The molecule has 1 heterocycles. The second-order valence-corrected chi connectivity index (χ2v) is 3.43. The number of nitro benzene ring substituents is 1. The summed E-state index contributed by atoms with van der Waals surface area (Å²) in [4.78, 5) is 21.2. The van der Waals surface area contributed by atoms with E-state index in [0.717, 1.165) is 0 Å². The first kappa shape index (κ1) is 10.4. The average molecular weight is 223 g/mol. The van der Waals surface area contributed by atoms with E-state index < -0.39 is 23.3 Å². The van der Waals surface area contributed by atoms with Crippen molar-refractivity contribution >= 4 is 11.8 Å². The summed E-state index contributed by atoms with van der Waals surface area (Å²) < 4.78 is 9.66. The van der Waals surface area contributed by atoms with E-state index in [1.165, 1.54) is 6.07 Å². The van der Waals surface area contributed by atoms with Gasteiger partial charge in [-0.05, 0) is 13.0 Å². The van der Waals surface area contributed by atoms with Crippen LogP contribution in [0.1, 0.15) is 18.6 Å². The molecule has 0 amide bonds. The Morgan fingerprint density at radius 1 is 1.31 bits per heavy atom. The number of cyclic esters (lactones) is 2. The molecular formula is C10H9NO5. The lowest BCUT2D eigenvalue weighted by molar-refractivity contribution is -0.386. The number of benzene rings is 1. The summed E-state index contributed by atoms with van der Waals surface area (Å²) in [5.74, 6) is 0. The Morgan fingerprint density at radius 3 is 2.56 bits per heavy atom. The highest BCUT2D eigenvalue weighted by atomic mass is 16.8. The maximum Gasteiger partial charge on any atom is 0.509 e. The molecule has 2 atom stereocenters. The van der Waals surface area contributed by atoms with Crippen molar-refractivity contribution in [2.75, 3.05) is 0 Å². The SMILES string of the molecule is CC1OC(=O)OC1c1ccccc1[N+](=O)[O-]. The number of para-hydroxylation sites is 1. The number of ether oxygens (including phenoxy) is 2. The molecule has 1 aliphatic heterocycles. The fraction of sp³-hybridized carbons (Fsp3) is 0.300. The first-order valence-electron chi connectivity index (χ1n) is 4.70. The van der Waals surface area contributed by atoms with Gasteiger partial charge in [-0.3, -0.25) is 10.1 Å². The molecule has 2 unspecified atom stereocenters. The Hall–Kier alpha value is -2.11. The predicted octanol–water partition coefficient (Wildman–Crippen LogP) is 2.19. The zero-order valence-electron chi connectivity index (χ0n) is 8.45. The van der Waals surface area contributed by atoms with Gasteiger partial charge in [0.15, 0.2) is 6.10 Å². The summed E-state index contributed by atoms with van der Waals surface area (Å²) in [6.07, 6.45) is -2.03. The van der Waals surface area contributed by atoms with Crippen molar-refractivity contribution < 1.29 is 19.2 Å². The van der Waals surface area contributed by atoms with Crippen molar-refractivity contribution in [1.29, 1.82) is 0 Å². The van der Waals surface area contributed by atoms with E-state index in [9.17, 15) is 14.9 Å². The fourth-order valence-corrected chi connectivity index (χ4v) is 1.65. The van der Waals surface area contributed by atoms with E-state index >= 15 is 0 Å². The molecule has 0 aromatic heterocycles. The van der Waals surface area contributed by atoms with Crippen LogP contribution < -0.4 is 0 Å². The van der Waals surface area contributed by atoms with E-state index in [4.69, 9.17) is 9.47 Å². The van der Waals surface area contributed by atoms with E-state index in [1.807, 2.05) is 0 Å². The van der Waals surface area contributed by atoms with Crippen LogP contribution in [0.2, 0.25) is 0 Å². The van der Waals surface area contributed by atoms with Crippen molar-refractivity contribution in [2.24, 2.45) is 0 Å². The Balaban J connectivity index is 2.40. The molecule has 0 bridgehead atoms. The van der Waals surface area contributed by atoms with Gasteiger partial charge in [-0.15, -0.1) is 0 Å². The number of rotatable bonds is 2. The third-order valence-electron chi connectivity index (χ3n) is 2.37. The monoisotopic (exact) mass is 223 g/mol. The molecule has 1 fully saturated rings. The van der Waals surface area contributed by atoms with Crippen LogP contribution in [0, 0.1) is 10.1 Å². The highest BCUT2D eigenvalue weighted by Gasteiger charge is 2.38. The Kier molecular flexibility index (Phi) is 2.47. The summed E-state index contributed by atoms with van der Waals surface area (Å²) in [7, 11) is 0. The van der Waals surface area contributed by atoms with Crippen LogP contribution in [0.25, 0.3) is 0 Å². The van der Waals surface area contributed by atoms with E-state index in [2.05, 4.69) is 0 Å². The summed E-state index contributed by atoms with van der Waals surface area (Å²) >= 11 is 0. The van der Waals surface area contributed by atoms with Crippen LogP contribution in [-0.4, -0.2) is 17.2 Å². The maximum absolute atomic E-state index is 10.9. The lowest BCUT2D eigenvalue weighted by atomic mass is 10.0. The zero-order valence-corrected chi connectivity index (χ0v) is 8.45. The first-order chi connectivity index (χ1) is 7.59. The molecule has 0 aliphatic carbocycles. The second kappa shape index (κ2) is 3.80. The van der Waals surface area contributed by atoms with Gasteiger partial charge >= 0.3 is 6.16 Å². The third-order valence-corrected chi connectivity index (χ3v) is 2.37. The molecule has 1 aromatic carbocycles. The second-order valence-electron chi connectivity index (χ2n) is 3.43. The highest BCUT2D eigenvalue weighted by molar-refractivity contribution is 5.63. The van der Waals surface area contributed by atoms with Gasteiger partial charge in [0.25, 0.3) is 5.69 Å². The molecule has 0 N–H and O–H groups in total. The van der Waals surface area contributed by atoms with Gasteiger partial charge in [0.05, 0.1) is 10.5 Å². The summed E-state index contributed by atoms with van der Waals surface area (Å²) in [6, 6.07) is 6.14. The number of hydrogen-bond donors (Lipinski definition) is 0. The largest absolute Gasteiger partial charge is 0.509 e. The van der Waals surface area contributed by atoms with Crippen molar-refractivity contribution in [1.82, 2.24) is 0 Å². The molecule has 6 heteroatoms. The molecule has 0 spiro atoms. The molecule has 16 heavy (non-hydrogen) atoms. The quantitative estimate of drug-likeness (QED) is 0.436. The van der Waals surface area contributed by atoms with Crippen LogP contribution in [-0.2, 0) is 9.47 Å². The van der Waals surface area contributed by atoms with Gasteiger partial charge in [0, 0.05) is 6.07 Å². The third kappa shape index (κ3) is 1.69. The van der Waals surface area contributed by atoms with Crippen molar-refractivity contribution in [3.05, 3.63) is 39.9 Å². The fourth-order valence-electron chi connectivity index (χ4n) is 1.65. The Morgan fingerprint density at radius 2 is 2.00 bits per heavy atom. The molecular weight excluding hydrogens is 214 g/mol. The van der Waals surface area contributed by atoms with Gasteiger partial charge in [-0.2, -0.15) is 0 Å². The number of nitrogens with zero attached hydrogens (tertiary/aromatic N) is 1. The van der Waals surface area contributed by atoms with Crippen molar-refractivity contribution in [3.63, 3.8) is 0 Å². The van der Waals surface area contributed by atoms with E-state index in [1.54, 1.807) is 25.1 Å². The molecule has 1 aliphatic rings. The molecule has 1 saturated heterocycles. The topological polar surface area (TPSA) is 78.7 Å². The van der Waals surface area contributed by atoms with Gasteiger partial charge in [-0.1, -0.05) is 12.1 Å². The van der Waals surface area contributed by atoms with Gasteiger partial charge < -0.3 is 9.47 Å². The molecule has 84 valence electrons. The zero-order chi connectivity index (χ0) is 11.7. The number of carbonyl (C=O) groups excluding carboxylic acids is 1. The molecule has 0 saturated carbocycles. The smallest absolute Gasteiger partial charge is 0.427 e. The lowest BCUT2D eigenvalue weighted by Gasteiger charge is -2.11. The summed E-state index contributed by atoms with van der Waals surface area (Å²) in [6.45, 7) is 1.63.